The first-order valence-corrected chi connectivity index (χ1v) is 8.80. The molecule has 2 rings (SSSR count). The van der Waals surface area contributed by atoms with E-state index < -0.39 is 18.4 Å². The third kappa shape index (κ3) is 4.34. The van der Waals surface area contributed by atoms with Crippen molar-refractivity contribution in [2.45, 2.75) is 16.7 Å². The summed E-state index contributed by atoms with van der Waals surface area (Å²) in [6.07, 6.45) is 0. The topological polar surface area (TPSA) is 121 Å². The van der Waals surface area contributed by atoms with Crippen LogP contribution in [0.25, 0.3) is 0 Å². The first-order valence-electron chi connectivity index (χ1n) is 6.33. The zero-order valence-corrected chi connectivity index (χ0v) is 13.6. The molecule has 0 radical (unpaired) electrons. The maximum atomic E-state index is 12.0. The van der Waals surface area contributed by atoms with Gasteiger partial charge in [-0.2, -0.15) is 14.7 Å². The average Bonchev–Trinajstić information content (AvgIpc) is 2.45. The monoisotopic (exact) mass is 354 g/mol. The number of nitro groups is 1. The van der Waals surface area contributed by atoms with E-state index in [0.29, 0.717) is 0 Å². The summed E-state index contributed by atoms with van der Waals surface area (Å²) in [5, 5.41) is 10.8. The van der Waals surface area contributed by atoms with Gasteiger partial charge in [-0.3, -0.25) is 10.1 Å². The number of carbonyl (C=O) groups is 1. The summed E-state index contributed by atoms with van der Waals surface area (Å²) >= 11 is 1.13. The largest absolute Gasteiger partial charge is 0.483 e. The van der Waals surface area contributed by atoms with Crippen molar-refractivity contribution in [3.63, 3.8) is 0 Å². The smallest absolute Gasteiger partial charge is 0.258 e. The molecule has 0 saturated carbocycles. The predicted molar refractivity (Wildman–Crippen MR) is 86.3 cm³/mol. The number of non-ortho nitro benzene ring substituents is 1. The van der Waals surface area contributed by atoms with Crippen molar-refractivity contribution >= 4 is 30.9 Å². The van der Waals surface area contributed by atoms with Crippen molar-refractivity contribution in [3.8, 4) is 0 Å². The van der Waals surface area contributed by atoms with Gasteiger partial charge in [0.05, 0.1) is 10.5 Å². The zero-order valence-electron chi connectivity index (χ0n) is 11.9. The van der Waals surface area contributed by atoms with Crippen LogP contribution in [0.5, 0.6) is 0 Å². The maximum Gasteiger partial charge on any atom is 0.483 e. The lowest BCUT2D eigenvalue weighted by atomic mass is 10.2. The second kappa shape index (κ2) is 6.74. The lowest BCUT2D eigenvalue weighted by molar-refractivity contribution is -0.384. The Morgan fingerprint density at radius 2 is 1.87 bits per heavy atom. The fourth-order valence-corrected chi connectivity index (χ4v) is 3.48. The van der Waals surface area contributed by atoms with Gasteiger partial charge in [-0.25, -0.2) is 4.79 Å². The molecule has 0 heterocycles. The quantitative estimate of drug-likeness (QED) is 0.429. The van der Waals surface area contributed by atoms with Gasteiger partial charge in [-0.15, -0.1) is 0 Å². The highest BCUT2D eigenvalue weighted by Gasteiger charge is 2.45. The van der Waals surface area contributed by atoms with E-state index in [2.05, 4.69) is 0 Å². The summed E-state index contributed by atoms with van der Waals surface area (Å²) in [4.78, 5) is 50.8. The van der Waals surface area contributed by atoms with Crippen LogP contribution in [0.2, 0.25) is 0 Å². The van der Waals surface area contributed by atoms with Gasteiger partial charge in [0.15, 0.2) is 0 Å². The number of hydrogen-bond acceptors (Lipinski definition) is 7. The van der Waals surface area contributed by atoms with Gasteiger partial charge in [-0.1, -0.05) is 29.5 Å². The fourth-order valence-electron chi connectivity index (χ4n) is 1.86. The van der Waals surface area contributed by atoms with E-state index in [9.17, 15) is 29.6 Å². The highest BCUT2D eigenvalue weighted by Crippen LogP contribution is 2.50. The minimum atomic E-state index is -4.79. The van der Waals surface area contributed by atoms with Crippen LogP contribution in [-0.4, -0.2) is 25.1 Å². The van der Waals surface area contributed by atoms with E-state index in [1.165, 1.54) is 12.1 Å². The number of nitrogens with zero attached hydrogens (tertiary/aromatic N) is 1. The van der Waals surface area contributed by atoms with Crippen LogP contribution in [0.1, 0.15) is 15.9 Å². The second-order valence-electron chi connectivity index (χ2n) is 4.73. The summed E-state index contributed by atoms with van der Waals surface area (Å²) in [6.45, 7) is 1.89. The van der Waals surface area contributed by atoms with Gasteiger partial charge in [0.2, 0.25) is 0 Å². The molecule has 0 aliphatic carbocycles. The molecule has 120 valence electrons. The molecule has 0 unspecified atom stereocenters. The van der Waals surface area contributed by atoms with Crippen LogP contribution in [0, 0.1) is 17.0 Å². The van der Waals surface area contributed by atoms with Crippen LogP contribution < -0.4 is 0 Å². The normalized spacial score (nSPS) is 11.3. The van der Waals surface area contributed by atoms with E-state index in [1.54, 1.807) is 6.07 Å². The minimum Gasteiger partial charge on any atom is -0.258 e. The van der Waals surface area contributed by atoms with Gasteiger partial charge in [-0.05, 0) is 25.1 Å². The van der Waals surface area contributed by atoms with Gasteiger partial charge in [0.1, 0.15) is 0 Å². The van der Waals surface area contributed by atoms with E-state index in [1.807, 2.05) is 25.1 Å². The van der Waals surface area contributed by atoms with E-state index in [4.69, 9.17) is 0 Å². The van der Waals surface area contributed by atoms with Gasteiger partial charge in [0, 0.05) is 21.9 Å². The third-order valence-corrected chi connectivity index (χ3v) is 4.75. The molecular weight excluding hydrogens is 341 g/mol. The van der Waals surface area contributed by atoms with Crippen molar-refractivity contribution in [3.05, 3.63) is 63.7 Å². The lowest BCUT2D eigenvalue weighted by Crippen LogP contribution is -2.07. The summed E-state index contributed by atoms with van der Waals surface area (Å²) in [5.41, 5.74) is -1.02. The standard InChI is InChI=1S/C14H13NO6PS/c1-9-3-2-4-11(7-9)23-13-6-5-10(15(17)18)8-12(13)14(16)22(19,20)21/h2-8,19-21H,1H3/q+1. The fraction of sp³-hybridized carbons (Fsp3) is 0.0714. The Morgan fingerprint density at radius 3 is 2.43 bits per heavy atom. The highest BCUT2D eigenvalue weighted by molar-refractivity contribution is 7.99. The minimum absolute atomic E-state index is 0.285. The van der Waals surface area contributed by atoms with Crippen LogP contribution >= 0.6 is 19.7 Å². The van der Waals surface area contributed by atoms with Crippen molar-refractivity contribution in [1.29, 1.82) is 0 Å². The average molecular weight is 354 g/mol. The lowest BCUT2D eigenvalue weighted by Gasteiger charge is -2.08. The molecule has 7 nitrogen and oxygen atoms in total. The Morgan fingerprint density at radius 1 is 1.17 bits per heavy atom. The number of aryl methyl sites for hydroxylation is 1. The molecule has 23 heavy (non-hydrogen) atoms. The third-order valence-electron chi connectivity index (χ3n) is 2.89. The van der Waals surface area contributed by atoms with E-state index in [0.717, 1.165) is 28.3 Å². The molecular formula is C14H13NO6PS+. The van der Waals surface area contributed by atoms with Gasteiger partial charge in [0.25, 0.3) is 5.69 Å². The molecule has 9 heteroatoms. The summed E-state index contributed by atoms with van der Waals surface area (Å²) in [6, 6.07) is 10.8. The predicted octanol–water partition coefficient (Wildman–Crippen LogP) is 2.93. The van der Waals surface area contributed by atoms with Crippen LogP contribution in [0.15, 0.2) is 52.3 Å². The van der Waals surface area contributed by atoms with Gasteiger partial charge < -0.3 is 0 Å². The number of nitro benzene ring substituents is 1. The maximum absolute atomic E-state index is 12.0. The number of hydrogen-bond donors (Lipinski definition) is 3. The van der Waals surface area contributed by atoms with Crippen LogP contribution in [0.3, 0.4) is 0 Å². The molecule has 0 aromatic heterocycles. The van der Waals surface area contributed by atoms with Crippen LogP contribution in [-0.2, 0) is 0 Å². The molecule has 0 atom stereocenters. The van der Waals surface area contributed by atoms with Crippen molar-refractivity contribution in [2.75, 3.05) is 0 Å². The number of rotatable bonds is 5. The zero-order chi connectivity index (χ0) is 17.2. The van der Waals surface area contributed by atoms with Crippen molar-refractivity contribution in [1.82, 2.24) is 0 Å². The Kier molecular flexibility index (Phi) is 5.13. The first-order chi connectivity index (χ1) is 10.7. The van der Waals surface area contributed by atoms with Gasteiger partial charge >= 0.3 is 13.5 Å². The molecule has 0 aliphatic rings. The Labute approximate surface area is 136 Å². The molecule has 2 aromatic rings. The summed E-state index contributed by atoms with van der Waals surface area (Å²) < 4.78 is 0. The van der Waals surface area contributed by atoms with E-state index in [-0.39, 0.29) is 16.1 Å². The van der Waals surface area contributed by atoms with Crippen molar-refractivity contribution < 1.29 is 24.4 Å². The molecule has 0 fully saturated rings. The molecule has 0 aliphatic heterocycles. The first kappa shape index (κ1) is 17.5. The van der Waals surface area contributed by atoms with Crippen LogP contribution in [0.4, 0.5) is 5.69 Å². The van der Waals surface area contributed by atoms with Crippen molar-refractivity contribution in [2.24, 2.45) is 0 Å². The molecule has 0 bridgehead atoms. The Bertz CT molecular complexity index is 774. The molecule has 3 N–H and O–H groups in total. The molecule has 0 amide bonds. The molecule has 0 spiro atoms. The summed E-state index contributed by atoms with van der Waals surface area (Å²) in [7, 11) is -4.79. The Hall–Kier alpha value is -1.83. The highest BCUT2D eigenvalue weighted by atomic mass is 32.2. The van der Waals surface area contributed by atoms with E-state index >= 15 is 0 Å². The number of carbonyl (C=O) groups excluding carboxylic acids is 1. The Balaban J connectivity index is 2.50. The SMILES string of the molecule is Cc1cccc(Sc2ccc([N+](=O)[O-])cc2C(=O)[P+](O)(O)O)c1. The second-order valence-corrected chi connectivity index (χ2v) is 7.39. The molecule has 0 saturated heterocycles. The molecule has 2 aromatic carbocycles. The number of benzene rings is 2. The summed E-state index contributed by atoms with van der Waals surface area (Å²) in [5.74, 6) is 0.